The molecule has 7 nitrogen and oxygen atoms in total. The van der Waals surface area contributed by atoms with E-state index in [-0.39, 0.29) is 18.6 Å². The van der Waals surface area contributed by atoms with E-state index in [0.29, 0.717) is 23.4 Å². The second kappa shape index (κ2) is 6.30. The Bertz CT molecular complexity index is 822. The van der Waals surface area contributed by atoms with Gasteiger partial charge in [0, 0.05) is 30.5 Å². The normalized spacial score (nSPS) is 20.2. The Morgan fingerprint density at radius 2 is 1.88 bits per heavy atom. The van der Waals surface area contributed by atoms with E-state index >= 15 is 0 Å². The number of amides is 1. The second-order valence-corrected chi connectivity index (χ2v) is 7.25. The summed E-state index contributed by atoms with van der Waals surface area (Å²) in [4.78, 5) is 19.0. The maximum atomic E-state index is 12.4. The number of aromatic nitrogens is 2. The van der Waals surface area contributed by atoms with E-state index < -0.39 is 0 Å². The highest BCUT2D eigenvalue weighted by molar-refractivity contribution is 5.79. The molecule has 7 heteroatoms. The Morgan fingerprint density at radius 3 is 2.65 bits per heavy atom. The summed E-state index contributed by atoms with van der Waals surface area (Å²) in [5.74, 6) is 3.49. The molecule has 0 N–H and O–H groups in total. The lowest BCUT2D eigenvalue weighted by Gasteiger charge is -2.35. The Morgan fingerprint density at radius 1 is 1.08 bits per heavy atom. The molecule has 26 heavy (non-hydrogen) atoms. The zero-order chi connectivity index (χ0) is 17.5. The number of rotatable bonds is 3. The third-order valence-corrected chi connectivity index (χ3v) is 5.68. The van der Waals surface area contributed by atoms with Crippen LogP contribution in [0.4, 0.5) is 0 Å². The van der Waals surface area contributed by atoms with Crippen LogP contribution in [0.2, 0.25) is 0 Å². The molecule has 1 amide bonds. The second-order valence-electron chi connectivity index (χ2n) is 7.25. The van der Waals surface area contributed by atoms with Gasteiger partial charge >= 0.3 is 0 Å². The number of carbonyl (C=O) groups excluding carboxylic acids is 1. The van der Waals surface area contributed by atoms with E-state index in [0.717, 1.165) is 50.1 Å². The number of fused-ring (bicyclic) bond motifs is 1. The van der Waals surface area contributed by atoms with E-state index in [1.807, 2.05) is 23.1 Å². The molecule has 0 atom stereocenters. The molecule has 136 valence electrons. The van der Waals surface area contributed by atoms with Crippen LogP contribution in [0.1, 0.15) is 43.9 Å². The summed E-state index contributed by atoms with van der Waals surface area (Å²) in [6.07, 6.45) is 5.06. The highest BCUT2D eigenvalue weighted by Gasteiger charge is 2.33. The van der Waals surface area contributed by atoms with Gasteiger partial charge < -0.3 is 18.9 Å². The summed E-state index contributed by atoms with van der Waals surface area (Å²) in [7, 11) is 0. The van der Waals surface area contributed by atoms with Gasteiger partial charge in [-0.25, -0.2) is 0 Å². The molecular formula is C19H21N3O4. The molecule has 2 aromatic rings. The SMILES string of the molecule is O=C(C1CCC1)N1CCC(c2nc(-c3ccc4c(c3)OCO4)no2)CC1. The molecule has 0 radical (unpaired) electrons. The van der Waals surface area contributed by atoms with Crippen molar-refractivity contribution in [2.75, 3.05) is 19.9 Å². The van der Waals surface area contributed by atoms with Gasteiger partial charge in [0.05, 0.1) is 0 Å². The van der Waals surface area contributed by atoms with Crippen LogP contribution >= 0.6 is 0 Å². The number of carbonyl (C=O) groups is 1. The van der Waals surface area contributed by atoms with Crippen LogP contribution in [-0.4, -0.2) is 40.8 Å². The minimum atomic E-state index is 0.218. The average molecular weight is 355 g/mol. The summed E-state index contributed by atoms with van der Waals surface area (Å²) >= 11 is 0. The number of likely N-dealkylation sites (tertiary alicyclic amines) is 1. The van der Waals surface area contributed by atoms with Gasteiger partial charge in [-0.3, -0.25) is 4.79 Å². The zero-order valence-electron chi connectivity index (χ0n) is 14.5. The van der Waals surface area contributed by atoms with Crippen LogP contribution in [0, 0.1) is 5.92 Å². The van der Waals surface area contributed by atoms with Gasteiger partial charge in [0.1, 0.15) is 0 Å². The highest BCUT2D eigenvalue weighted by Crippen LogP contribution is 2.36. The maximum Gasteiger partial charge on any atom is 0.231 e. The first-order chi connectivity index (χ1) is 12.8. The number of hydrogen-bond donors (Lipinski definition) is 0. The van der Waals surface area contributed by atoms with Crippen LogP contribution in [0.5, 0.6) is 11.5 Å². The predicted molar refractivity (Wildman–Crippen MR) is 91.8 cm³/mol. The van der Waals surface area contributed by atoms with Crippen molar-refractivity contribution < 1.29 is 18.8 Å². The van der Waals surface area contributed by atoms with Gasteiger partial charge in [0.2, 0.25) is 24.4 Å². The topological polar surface area (TPSA) is 77.7 Å². The first-order valence-electron chi connectivity index (χ1n) is 9.30. The lowest BCUT2D eigenvalue weighted by molar-refractivity contribution is -0.139. The molecule has 1 aromatic heterocycles. The molecule has 0 spiro atoms. The lowest BCUT2D eigenvalue weighted by Crippen LogP contribution is -2.43. The Hall–Kier alpha value is -2.57. The fourth-order valence-corrected chi connectivity index (χ4v) is 3.81. The van der Waals surface area contributed by atoms with Crippen LogP contribution in [0.15, 0.2) is 22.7 Å². The van der Waals surface area contributed by atoms with Crippen molar-refractivity contribution in [3.63, 3.8) is 0 Å². The van der Waals surface area contributed by atoms with Gasteiger partial charge in [-0.2, -0.15) is 4.98 Å². The fraction of sp³-hybridized carbons (Fsp3) is 0.526. The molecule has 1 saturated heterocycles. The predicted octanol–water partition coefficient (Wildman–Crippen LogP) is 2.97. The van der Waals surface area contributed by atoms with Crippen molar-refractivity contribution in [3.05, 3.63) is 24.1 Å². The van der Waals surface area contributed by atoms with Gasteiger partial charge in [0.25, 0.3) is 0 Å². The molecule has 3 aliphatic rings. The number of nitrogens with zero attached hydrogens (tertiary/aromatic N) is 3. The molecule has 1 aromatic carbocycles. The largest absolute Gasteiger partial charge is 0.454 e. The van der Waals surface area contributed by atoms with Crippen LogP contribution in [0.25, 0.3) is 11.4 Å². The van der Waals surface area contributed by atoms with Gasteiger partial charge in [-0.05, 0) is 43.9 Å². The fourth-order valence-electron chi connectivity index (χ4n) is 3.81. The van der Waals surface area contributed by atoms with Crippen LogP contribution in [-0.2, 0) is 4.79 Å². The van der Waals surface area contributed by atoms with E-state index in [1.165, 1.54) is 6.42 Å². The summed E-state index contributed by atoms with van der Waals surface area (Å²) < 4.78 is 16.3. The Kier molecular flexibility index (Phi) is 3.80. The standard InChI is InChI=1S/C19H21N3O4/c23-19(13-2-1-3-13)22-8-6-12(7-9-22)18-20-17(21-26-18)14-4-5-15-16(10-14)25-11-24-15/h4-5,10,12-13H,1-3,6-9,11H2. The summed E-state index contributed by atoms with van der Waals surface area (Å²) in [6, 6.07) is 5.64. The molecule has 5 rings (SSSR count). The summed E-state index contributed by atoms with van der Waals surface area (Å²) in [5.41, 5.74) is 0.849. The molecule has 3 heterocycles. The molecular weight excluding hydrogens is 334 g/mol. The Balaban J connectivity index is 1.25. The monoisotopic (exact) mass is 355 g/mol. The third-order valence-electron chi connectivity index (χ3n) is 5.68. The number of hydrogen-bond acceptors (Lipinski definition) is 6. The Labute approximate surface area is 151 Å². The quantitative estimate of drug-likeness (QED) is 0.842. The summed E-state index contributed by atoms with van der Waals surface area (Å²) in [6.45, 7) is 1.80. The highest BCUT2D eigenvalue weighted by atomic mass is 16.7. The number of benzene rings is 1. The van der Waals surface area contributed by atoms with Crippen LogP contribution < -0.4 is 9.47 Å². The minimum absolute atomic E-state index is 0.218. The van der Waals surface area contributed by atoms with E-state index in [2.05, 4.69) is 10.1 Å². The molecule has 2 aliphatic heterocycles. The van der Waals surface area contributed by atoms with Crippen molar-refractivity contribution in [2.45, 2.75) is 38.0 Å². The lowest BCUT2D eigenvalue weighted by atomic mass is 9.83. The number of ether oxygens (including phenoxy) is 2. The zero-order valence-corrected chi connectivity index (χ0v) is 14.5. The van der Waals surface area contributed by atoms with E-state index in [1.54, 1.807) is 0 Å². The molecule has 0 unspecified atom stereocenters. The molecule has 1 aliphatic carbocycles. The van der Waals surface area contributed by atoms with Crippen molar-refractivity contribution in [1.29, 1.82) is 0 Å². The minimum Gasteiger partial charge on any atom is -0.454 e. The van der Waals surface area contributed by atoms with Gasteiger partial charge in [-0.1, -0.05) is 11.6 Å². The first-order valence-corrected chi connectivity index (χ1v) is 9.30. The van der Waals surface area contributed by atoms with E-state index in [4.69, 9.17) is 14.0 Å². The van der Waals surface area contributed by atoms with Gasteiger partial charge in [-0.15, -0.1) is 0 Å². The van der Waals surface area contributed by atoms with Crippen molar-refractivity contribution in [3.8, 4) is 22.9 Å². The first kappa shape index (κ1) is 15.7. The van der Waals surface area contributed by atoms with Gasteiger partial charge in [0.15, 0.2) is 11.5 Å². The third kappa shape index (κ3) is 2.71. The van der Waals surface area contributed by atoms with Crippen LogP contribution in [0.3, 0.4) is 0 Å². The van der Waals surface area contributed by atoms with Crippen molar-refractivity contribution >= 4 is 5.91 Å². The van der Waals surface area contributed by atoms with Crippen molar-refractivity contribution in [1.82, 2.24) is 15.0 Å². The average Bonchev–Trinajstić information content (AvgIpc) is 3.29. The maximum absolute atomic E-state index is 12.4. The summed E-state index contributed by atoms with van der Waals surface area (Å²) in [5, 5.41) is 4.13. The number of piperidine rings is 1. The molecule has 1 saturated carbocycles. The molecule has 0 bridgehead atoms. The molecule has 2 fully saturated rings. The van der Waals surface area contributed by atoms with Crippen molar-refractivity contribution in [2.24, 2.45) is 5.92 Å². The van der Waals surface area contributed by atoms with E-state index in [9.17, 15) is 4.79 Å². The smallest absolute Gasteiger partial charge is 0.231 e.